The maximum Gasteiger partial charge on any atom is 0.296 e. The highest BCUT2D eigenvalue weighted by atomic mass is 35.5. The molecule has 164 valence electrons. The highest BCUT2D eigenvalue weighted by molar-refractivity contribution is 6.32. The smallest absolute Gasteiger partial charge is 0.296 e. The molecule has 0 saturated carbocycles. The van der Waals surface area contributed by atoms with Gasteiger partial charge in [0.05, 0.1) is 16.2 Å². The van der Waals surface area contributed by atoms with Gasteiger partial charge in [-0.1, -0.05) is 41.4 Å². The van der Waals surface area contributed by atoms with Gasteiger partial charge in [0.25, 0.3) is 11.5 Å². The molecular formula is C23H21Cl2N5O2. The van der Waals surface area contributed by atoms with E-state index in [1.165, 1.54) is 4.68 Å². The number of hydrogen-bond acceptors (Lipinski definition) is 4. The molecule has 0 radical (unpaired) electrons. The lowest BCUT2D eigenvalue weighted by atomic mass is 10.1. The molecule has 1 amide bonds. The van der Waals surface area contributed by atoms with E-state index >= 15 is 0 Å². The molecule has 9 heteroatoms. The van der Waals surface area contributed by atoms with E-state index in [1.54, 1.807) is 52.9 Å². The van der Waals surface area contributed by atoms with Crippen LogP contribution in [-0.2, 0) is 7.05 Å². The summed E-state index contributed by atoms with van der Waals surface area (Å²) in [5, 5.41) is 6.81. The van der Waals surface area contributed by atoms with Crippen LogP contribution >= 0.6 is 23.2 Å². The van der Waals surface area contributed by atoms with E-state index in [0.29, 0.717) is 39.7 Å². The molecule has 0 bridgehead atoms. The van der Waals surface area contributed by atoms with Crippen molar-refractivity contribution < 1.29 is 4.79 Å². The third-order valence-electron chi connectivity index (χ3n) is 6.07. The summed E-state index contributed by atoms with van der Waals surface area (Å²) in [7, 11) is 3.83. The zero-order valence-electron chi connectivity index (χ0n) is 17.7. The van der Waals surface area contributed by atoms with Crippen molar-refractivity contribution in [1.29, 1.82) is 0 Å². The normalized spacial score (nSPS) is 15.1. The Labute approximate surface area is 194 Å². The van der Waals surface area contributed by atoms with Gasteiger partial charge in [-0.2, -0.15) is 9.78 Å². The number of aryl methyl sites for hydroxylation is 1. The monoisotopic (exact) mass is 469 g/mol. The van der Waals surface area contributed by atoms with Gasteiger partial charge in [-0.05, 0) is 31.3 Å². The summed E-state index contributed by atoms with van der Waals surface area (Å²) in [6.07, 6.45) is 0. The van der Waals surface area contributed by atoms with Gasteiger partial charge in [0.2, 0.25) is 0 Å². The number of amides is 1. The van der Waals surface area contributed by atoms with Crippen LogP contribution in [0.4, 0.5) is 0 Å². The van der Waals surface area contributed by atoms with Crippen molar-refractivity contribution in [2.75, 3.05) is 33.2 Å². The number of nitrogens with zero attached hydrogens (tertiary/aromatic N) is 5. The van der Waals surface area contributed by atoms with Crippen molar-refractivity contribution in [3.8, 4) is 5.69 Å². The largest absolute Gasteiger partial charge is 0.339 e. The van der Waals surface area contributed by atoms with E-state index < -0.39 is 0 Å². The second kappa shape index (κ2) is 7.92. The minimum absolute atomic E-state index is 0.202. The van der Waals surface area contributed by atoms with Crippen molar-refractivity contribution in [3.05, 3.63) is 68.6 Å². The molecule has 3 heterocycles. The molecule has 0 aliphatic carbocycles. The van der Waals surface area contributed by atoms with Crippen LogP contribution in [0.3, 0.4) is 0 Å². The molecule has 2 aromatic carbocycles. The molecule has 32 heavy (non-hydrogen) atoms. The lowest BCUT2D eigenvalue weighted by Gasteiger charge is -2.32. The van der Waals surface area contributed by atoms with Gasteiger partial charge in [0, 0.05) is 49.0 Å². The topological polar surface area (TPSA) is 63.4 Å². The van der Waals surface area contributed by atoms with Gasteiger partial charge in [-0.25, -0.2) is 0 Å². The number of para-hydroxylation sites is 1. The average Bonchev–Trinajstić information content (AvgIpc) is 3.07. The standard InChI is InChI=1S/C23H21Cl2N5O2/c1-27-9-11-29(12-10-27)22(31)20-19-15-8-7-14(24)13-18(15)28(2)21(19)23(32)30(26-20)17-6-4-3-5-16(17)25/h3-8,13H,9-12H2,1-2H3. The number of carbonyl (C=O) groups excluding carboxylic acids is 1. The fourth-order valence-corrected chi connectivity index (χ4v) is 4.67. The summed E-state index contributed by atoms with van der Waals surface area (Å²) >= 11 is 12.6. The number of fused-ring (bicyclic) bond motifs is 3. The molecule has 0 spiro atoms. The van der Waals surface area contributed by atoms with E-state index in [9.17, 15) is 9.59 Å². The van der Waals surface area contributed by atoms with Crippen molar-refractivity contribution in [2.45, 2.75) is 0 Å². The van der Waals surface area contributed by atoms with Gasteiger partial charge < -0.3 is 14.4 Å². The first-order chi connectivity index (χ1) is 15.4. The third kappa shape index (κ3) is 3.28. The number of carbonyl (C=O) groups is 1. The first kappa shape index (κ1) is 21.0. The Morgan fingerprint density at radius 1 is 1.00 bits per heavy atom. The Morgan fingerprint density at radius 3 is 2.44 bits per heavy atom. The molecule has 2 aromatic heterocycles. The zero-order chi connectivity index (χ0) is 22.6. The number of aromatic nitrogens is 3. The van der Waals surface area contributed by atoms with Gasteiger partial charge >= 0.3 is 0 Å². The van der Waals surface area contributed by atoms with Gasteiger partial charge in [-0.3, -0.25) is 9.59 Å². The first-order valence-corrected chi connectivity index (χ1v) is 11.1. The van der Waals surface area contributed by atoms with E-state index in [1.807, 2.05) is 13.1 Å². The minimum Gasteiger partial charge on any atom is -0.339 e. The zero-order valence-corrected chi connectivity index (χ0v) is 19.2. The molecule has 0 N–H and O–H groups in total. The Bertz CT molecular complexity index is 1430. The van der Waals surface area contributed by atoms with Crippen LogP contribution in [0.1, 0.15) is 10.5 Å². The minimum atomic E-state index is -0.349. The first-order valence-electron chi connectivity index (χ1n) is 10.3. The number of halogens is 2. The molecule has 5 rings (SSSR count). The lowest BCUT2D eigenvalue weighted by molar-refractivity contribution is 0.0658. The van der Waals surface area contributed by atoms with E-state index in [2.05, 4.69) is 10.00 Å². The predicted octanol–water partition coefficient (Wildman–Crippen LogP) is 3.57. The molecule has 1 aliphatic rings. The summed E-state index contributed by atoms with van der Waals surface area (Å²) in [4.78, 5) is 31.3. The van der Waals surface area contributed by atoms with E-state index in [-0.39, 0.29) is 17.2 Å². The lowest BCUT2D eigenvalue weighted by Crippen LogP contribution is -2.47. The van der Waals surface area contributed by atoms with Crippen molar-refractivity contribution in [3.63, 3.8) is 0 Å². The van der Waals surface area contributed by atoms with Crippen LogP contribution in [-0.4, -0.2) is 63.3 Å². The Kier molecular flexibility index (Phi) is 5.20. The predicted molar refractivity (Wildman–Crippen MR) is 127 cm³/mol. The summed E-state index contributed by atoms with van der Waals surface area (Å²) in [5.74, 6) is -0.202. The highest BCUT2D eigenvalue weighted by Crippen LogP contribution is 2.31. The van der Waals surface area contributed by atoms with Crippen LogP contribution in [0.5, 0.6) is 0 Å². The van der Waals surface area contributed by atoms with Gasteiger partial charge in [0.1, 0.15) is 5.52 Å². The van der Waals surface area contributed by atoms with Crippen LogP contribution < -0.4 is 5.56 Å². The summed E-state index contributed by atoms with van der Waals surface area (Å²) in [5.41, 5.74) is 1.46. The molecule has 7 nitrogen and oxygen atoms in total. The quantitative estimate of drug-likeness (QED) is 0.450. The Morgan fingerprint density at radius 2 is 1.72 bits per heavy atom. The number of likely N-dealkylation sites (N-methyl/N-ethyl adjacent to an activating group) is 1. The fourth-order valence-electron chi connectivity index (χ4n) is 4.29. The third-order valence-corrected chi connectivity index (χ3v) is 6.62. The Balaban J connectivity index is 1.85. The van der Waals surface area contributed by atoms with Crippen molar-refractivity contribution >= 4 is 50.9 Å². The maximum absolute atomic E-state index is 13.7. The number of benzene rings is 2. The van der Waals surface area contributed by atoms with E-state index in [4.69, 9.17) is 23.2 Å². The molecule has 0 atom stereocenters. The number of piperazine rings is 1. The Hall–Kier alpha value is -2.87. The molecule has 1 saturated heterocycles. The summed E-state index contributed by atoms with van der Waals surface area (Å²) in [6.45, 7) is 2.76. The van der Waals surface area contributed by atoms with Crippen LogP contribution in [0, 0.1) is 0 Å². The second-order valence-electron chi connectivity index (χ2n) is 8.06. The van der Waals surface area contributed by atoms with Crippen LogP contribution in [0.15, 0.2) is 47.3 Å². The van der Waals surface area contributed by atoms with Crippen molar-refractivity contribution in [2.24, 2.45) is 7.05 Å². The fraction of sp³-hybridized carbons (Fsp3) is 0.261. The van der Waals surface area contributed by atoms with Gasteiger partial charge in [0.15, 0.2) is 5.69 Å². The van der Waals surface area contributed by atoms with Crippen LogP contribution in [0.25, 0.3) is 27.5 Å². The van der Waals surface area contributed by atoms with Crippen LogP contribution in [0.2, 0.25) is 10.0 Å². The molecule has 1 fully saturated rings. The van der Waals surface area contributed by atoms with E-state index in [0.717, 1.165) is 24.0 Å². The summed E-state index contributed by atoms with van der Waals surface area (Å²) in [6, 6.07) is 12.4. The molecule has 1 aliphatic heterocycles. The average molecular weight is 470 g/mol. The molecular weight excluding hydrogens is 449 g/mol. The van der Waals surface area contributed by atoms with Gasteiger partial charge in [-0.15, -0.1) is 0 Å². The number of hydrogen-bond donors (Lipinski definition) is 0. The summed E-state index contributed by atoms with van der Waals surface area (Å²) < 4.78 is 3.00. The SMILES string of the molecule is CN1CCN(C(=O)c2nn(-c3ccccc3Cl)c(=O)c3c2c2ccc(Cl)cc2n3C)CC1. The molecule has 0 unspecified atom stereocenters. The van der Waals surface area contributed by atoms with Crippen molar-refractivity contribution in [1.82, 2.24) is 24.1 Å². The second-order valence-corrected chi connectivity index (χ2v) is 8.90. The number of rotatable bonds is 2. The molecule has 4 aromatic rings. The maximum atomic E-state index is 13.7. The highest BCUT2D eigenvalue weighted by Gasteiger charge is 2.28.